The molecule has 0 spiro atoms. The molecule has 2 aliphatic rings. The van der Waals surface area contributed by atoms with Crippen LogP contribution in [-0.4, -0.2) is 28.8 Å². The van der Waals surface area contributed by atoms with E-state index in [0.717, 1.165) is 0 Å². The molecule has 2 rings (SSSR count). The van der Waals surface area contributed by atoms with Gasteiger partial charge in [0.2, 0.25) is 5.91 Å². The second-order valence-electron chi connectivity index (χ2n) is 15.0. The first-order chi connectivity index (χ1) is 23.4. The van der Waals surface area contributed by atoms with Crippen molar-refractivity contribution in [1.82, 2.24) is 5.32 Å². The third-order valence-corrected chi connectivity index (χ3v) is 9.60. The molecule has 0 aliphatic heterocycles. The summed E-state index contributed by atoms with van der Waals surface area (Å²) in [7, 11) is 0. The zero-order valence-electron chi connectivity index (χ0n) is 32.8. The summed E-state index contributed by atoms with van der Waals surface area (Å²) in [5.74, 6) is -1.32. The predicted molar refractivity (Wildman–Crippen MR) is 220 cm³/mol. The van der Waals surface area contributed by atoms with E-state index in [-0.39, 0.29) is 11.7 Å². The molecule has 0 fully saturated rings. The molecule has 0 aromatic heterocycles. The van der Waals surface area contributed by atoms with Crippen LogP contribution < -0.4 is 5.32 Å². The van der Waals surface area contributed by atoms with Crippen LogP contribution >= 0.6 is 12.6 Å². The average Bonchev–Trinajstić information content (AvgIpc) is 3.01. The number of carboxylic acids is 1. The number of carbonyl (C=O) groups excluding carboxylic acids is 1. The summed E-state index contributed by atoms with van der Waals surface area (Å²) in [6.45, 7) is 24.0. The quantitative estimate of drug-likeness (QED) is 0.132. The van der Waals surface area contributed by atoms with Gasteiger partial charge in [-0.25, -0.2) is 4.79 Å². The van der Waals surface area contributed by atoms with Crippen molar-refractivity contribution >= 4 is 24.5 Å². The number of carboxylic acid groups (broad SMARTS) is 1. The number of rotatable bonds is 13. The highest BCUT2D eigenvalue weighted by atomic mass is 32.1. The topological polar surface area (TPSA) is 66.4 Å². The summed E-state index contributed by atoms with van der Waals surface area (Å²) in [6, 6.07) is -0.874. The zero-order chi connectivity index (χ0) is 37.9. The van der Waals surface area contributed by atoms with Crippen LogP contribution in [0.2, 0.25) is 0 Å². The van der Waals surface area contributed by atoms with Crippen molar-refractivity contribution < 1.29 is 14.7 Å². The molecule has 0 heterocycles. The number of aliphatic carboxylic acids is 1. The molecule has 0 aromatic rings. The summed E-state index contributed by atoms with van der Waals surface area (Å²) in [6.07, 6.45) is 38.4. The molecule has 0 aromatic carbocycles. The first-order valence-electron chi connectivity index (χ1n) is 18.0. The third-order valence-electron chi connectivity index (χ3n) is 9.23. The van der Waals surface area contributed by atoms with E-state index in [4.69, 9.17) is 5.11 Å². The molecule has 1 amide bonds. The van der Waals surface area contributed by atoms with Gasteiger partial charge in [0.05, 0.1) is 0 Å². The van der Waals surface area contributed by atoms with Gasteiger partial charge in [-0.1, -0.05) is 146 Å². The molecular formula is C45H65NO3S. The Bertz CT molecular complexity index is 1420. The lowest BCUT2D eigenvalue weighted by Crippen LogP contribution is -2.40. The molecule has 50 heavy (non-hydrogen) atoms. The molecule has 0 saturated carbocycles. The minimum atomic E-state index is -1.06. The summed E-state index contributed by atoms with van der Waals surface area (Å²) >= 11 is 3.73. The number of hydrogen-bond acceptors (Lipinski definition) is 3. The summed E-state index contributed by atoms with van der Waals surface area (Å²) in [5, 5.41) is 10.6. The molecule has 0 saturated heterocycles. The fraction of sp³-hybridized carbons (Fsp3) is 0.467. The second kappa shape index (κ2) is 22.3. The molecule has 2 aliphatic carbocycles. The van der Waals surface area contributed by atoms with Crippen molar-refractivity contribution in [2.75, 3.05) is 5.75 Å². The number of carbonyl (C=O) groups is 2. The highest BCUT2D eigenvalue weighted by Crippen LogP contribution is 2.41. The van der Waals surface area contributed by atoms with Crippen LogP contribution in [-0.2, 0) is 9.59 Å². The minimum absolute atomic E-state index is 0.106. The fourth-order valence-electron chi connectivity index (χ4n) is 6.22. The van der Waals surface area contributed by atoms with Gasteiger partial charge in [0.1, 0.15) is 6.04 Å². The predicted octanol–water partition coefficient (Wildman–Crippen LogP) is 12.1. The Labute approximate surface area is 310 Å². The van der Waals surface area contributed by atoms with Crippen molar-refractivity contribution in [3.8, 4) is 0 Å². The molecule has 2 N–H and O–H groups in total. The number of hydrogen-bond donors (Lipinski definition) is 3. The lowest BCUT2D eigenvalue weighted by atomic mass is 9.72. The standard InChI is InChI=1S/C40H56.C5H9NO3S/c1-31(19-13-21-33(3)25-27-37-35(5)23-15-29-39(37,7)8)17-11-12-18-32(2)20-14-22-34(4)26-28-38-36(6)24-16-30-40(38,9)10;1-3(7)6-4(2-10)5(8)9/h11-14,17-22,25-28H,15-16,23-24,29-30H2,1-10H3;4,10H,2H2,1H3,(H,6,7)(H,8,9)/b12-11+,19-13+,20-14+,27-25+,28-26+,31-17+,32-18+,33-21+,34-22+;. The second-order valence-corrected chi connectivity index (χ2v) is 15.4. The summed E-state index contributed by atoms with van der Waals surface area (Å²) < 4.78 is 0. The van der Waals surface area contributed by atoms with E-state index in [9.17, 15) is 9.59 Å². The van der Waals surface area contributed by atoms with Gasteiger partial charge >= 0.3 is 5.97 Å². The largest absolute Gasteiger partial charge is 0.480 e. The molecule has 1 unspecified atom stereocenters. The first kappa shape index (κ1) is 44.5. The molecule has 5 heteroatoms. The number of amides is 1. The van der Waals surface area contributed by atoms with E-state index in [0.29, 0.717) is 10.8 Å². The highest BCUT2D eigenvalue weighted by molar-refractivity contribution is 7.80. The van der Waals surface area contributed by atoms with Gasteiger partial charge < -0.3 is 10.4 Å². The van der Waals surface area contributed by atoms with E-state index in [1.54, 1.807) is 11.1 Å². The summed E-state index contributed by atoms with van der Waals surface area (Å²) in [5.41, 5.74) is 11.7. The average molecular weight is 700 g/mol. The van der Waals surface area contributed by atoms with Crippen LogP contribution in [0.1, 0.15) is 115 Å². The van der Waals surface area contributed by atoms with Crippen LogP contribution in [0.3, 0.4) is 0 Å². The normalized spacial score (nSPS) is 20.0. The van der Waals surface area contributed by atoms with Crippen LogP contribution in [0.15, 0.2) is 130 Å². The molecular weight excluding hydrogens is 635 g/mol. The Morgan fingerprint density at radius 3 is 1.34 bits per heavy atom. The molecule has 274 valence electrons. The Morgan fingerprint density at radius 1 is 0.680 bits per heavy atom. The molecule has 1 atom stereocenters. The van der Waals surface area contributed by atoms with Gasteiger partial charge in [0.15, 0.2) is 0 Å². The highest BCUT2D eigenvalue weighted by Gasteiger charge is 2.27. The van der Waals surface area contributed by atoms with E-state index < -0.39 is 12.0 Å². The number of thiol groups is 1. The van der Waals surface area contributed by atoms with Crippen molar-refractivity contribution in [3.63, 3.8) is 0 Å². The lowest BCUT2D eigenvalue weighted by Gasteiger charge is -2.33. The molecule has 0 bridgehead atoms. The minimum Gasteiger partial charge on any atom is -0.480 e. The van der Waals surface area contributed by atoms with Crippen LogP contribution in [0.4, 0.5) is 0 Å². The van der Waals surface area contributed by atoms with Crippen LogP contribution in [0, 0.1) is 10.8 Å². The van der Waals surface area contributed by atoms with Gasteiger partial charge in [-0.15, -0.1) is 0 Å². The first-order valence-corrected chi connectivity index (χ1v) is 18.6. The Morgan fingerprint density at radius 2 is 1.04 bits per heavy atom. The van der Waals surface area contributed by atoms with Crippen molar-refractivity contribution in [1.29, 1.82) is 0 Å². The third kappa shape index (κ3) is 17.4. The maximum absolute atomic E-state index is 10.3. The Balaban J connectivity index is 0.00000108. The van der Waals surface area contributed by atoms with Crippen LogP contribution in [0.25, 0.3) is 0 Å². The van der Waals surface area contributed by atoms with Gasteiger partial charge in [-0.05, 0) is 102 Å². The van der Waals surface area contributed by atoms with Gasteiger partial charge in [-0.3, -0.25) is 4.79 Å². The van der Waals surface area contributed by atoms with Crippen LogP contribution in [0.5, 0.6) is 0 Å². The maximum Gasteiger partial charge on any atom is 0.327 e. The Hall–Kier alpha value is -3.57. The maximum atomic E-state index is 10.3. The van der Waals surface area contributed by atoms with Crippen molar-refractivity contribution in [2.45, 2.75) is 121 Å². The number of allylic oxidation sites excluding steroid dienone is 22. The van der Waals surface area contributed by atoms with Crippen molar-refractivity contribution in [3.05, 3.63) is 130 Å². The Kier molecular flexibility index (Phi) is 19.8. The monoisotopic (exact) mass is 699 g/mol. The smallest absolute Gasteiger partial charge is 0.327 e. The lowest BCUT2D eigenvalue weighted by molar-refractivity contribution is -0.140. The van der Waals surface area contributed by atoms with Gasteiger partial charge in [-0.2, -0.15) is 12.6 Å². The van der Waals surface area contributed by atoms with E-state index in [2.05, 4.69) is 172 Å². The van der Waals surface area contributed by atoms with Crippen molar-refractivity contribution in [2.24, 2.45) is 10.8 Å². The SMILES string of the molecule is CC(=O)NC(CS)C(=O)O.CC1=C(/C=C/C(C)=C/C=C/C(C)=C/C=C/C=C(C)/C=C/C=C(C)/C=C/C2=C(C)CCCC2(C)C)C(C)(C)CCC1. The zero-order valence-corrected chi connectivity index (χ0v) is 33.7. The fourth-order valence-corrected chi connectivity index (χ4v) is 6.47. The molecule has 0 radical (unpaired) electrons. The summed E-state index contributed by atoms with van der Waals surface area (Å²) in [4.78, 5) is 20.5. The van der Waals surface area contributed by atoms with E-state index >= 15 is 0 Å². The number of nitrogens with one attached hydrogen (secondary N) is 1. The van der Waals surface area contributed by atoms with Gasteiger partial charge in [0, 0.05) is 12.7 Å². The van der Waals surface area contributed by atoms with E-state index in [1.807, 2.05) is 0 Å². The van der Waals surface area contributed by atoms with E-state index in [1.165, 1.54) is 78.9 Å². The van der Waals surface area contributed by atoms with Gasteiger partial charge in [0.25, 0.3) is 0 Å². The molecule has 4 nitrogen and oxygen atoms in total.